The first-order chi connectivity index (χ1) is 16.1. The van der Waals surface area contributed by atoms with E-state index >= 15 is 0 Å². The molecular formula is C25H26ClN3O4. The minimum Gasteiger partial charge on any atom is -0.491 e. The molecule has 1 atom stereocenters. The third kappa shape index (κ3) is 6.68. The summed E-state index contributed by atoms with van der Waals surface area (Å²) < 4.78 is 16.6. The largest absolute Gasteiger partial charge is 0.491 e. The number of halogens is 1. The minimum atomic E-state index is -0.673. The van der Waals surface area contributed by atoms with Crippen LogP contribution in [0.15, 0.2) is 75.9 Å². The Labute approximate surface area is 197 Å². The Kier molecular flexibility index (Phi) is 7.78. The number of rotatable bonds is 11. The van der Waals surface area contributed by atoms with Gasteiger partial charge in [0.15, 0.2) is 0 Å². The van der Waals surface area contributed by atoms with Crippen LogP contribution in [0.1, 0.15) is 17.2 Å². The van der Waals surface area contributed by atoms with Crippen molar-refractivity contribution < 1.29 is 18.8 Å². The second-order valence-electron chi connectivity index (χ2n) is 7.82. The molecule has 0 bridgehead atoms. The lowest BCUT2D eigenvalue weighted by Crippen LogP contribution is -2.36. The Morgan fingerprint density at radius 1 is 1.12 bits per heavy atom. The van der Waals surface area contributed by atoms with Crippen LogP contribution >= 0.6 is 11.6 Å². The summed E-state index contributed by atoms with van der Waals surface area (Å²) in [5, 5.41) is 15.3. The van der Waals surface area contributed by atoms with E-state index in [2.05, 4.69) is 15.0 Å². The third-order valence-corrected chi connectivity index (χ3v) is 5.56. The Bertz CT molecular complexity index is 1130. The van der Waals surface area contributed by atoms with E-state index < -0.39 is 6.10 Å². The number of benzene rings is 2. The molecule has 4 aromatic rings. The van der Waals surface area contributed by atoms with E-state index in [1.165, 1.54) is 0 Å². The number of aryl methyl sites for hydroxylation is 1. The number of aliphatic hydroxyl groups is 1. The average molecular weight is 468 g/mol. The summed E-state index contributed by atoms with van der Waals surface area (Å²) in [6.07, 6.45) is 1.49. The molecule has 172 valence electrons. The first kappa shape index (κ1) is 23.0. The third-order valence-electron chi connectivity index (χ3n) is 5.15. The van der Waals surface area contributed by atoms with Crippen molar-refractivity contribution in [3.05, 3.63) is 89.2 Å². The van der Waals surface area contributed by atoms with Crippen LogP contribution in [0.5, 0.6) is 5.75 Å². The molecule has 33 heavy (non-hydrogen) atoms. The van der Waals surface area contributed by atoms with E-state index in [-0.39, 0.29) is 6.61 Å². The number of aliphatic hydroxyl groups excluding tert-OH is 1. The molecule has 2 heterocycles. The van der Waals surface area contributed by atoms with Gasteiger partial charge >= 0.3 is 0 Å². The van der Waals surface area contributed by atoms with E-state index in [0.717, 1.165) is 22.6 Å². The maximum absolute atomic E-state index is 10.5. The van der Waals surface area contributed by atoms with Crippen LogP contribution in [0.3, 0.4) is 0 Å². The summed E-state index contributed by atoms with van der Waals surface area (Å²) in [5.74, 6) is 2.55. The van der Waals surface area contributed by atoms with Crippen molar-refractivity contribution in [3.63, 3.8) is 0 Å². The standard InChI is InChI=1S/C25H26ClN3O4/c1-18-9-10-19(14-23(18)26)25-27-24(33-28-25)11-12-29(16-22-8-5-13-31-22)15-20(30)17-32-21-6-3-2-4-7-21/h2-10,13-14,20,30H,11-12,15-17H2,1H3. The second kappa shape index (κ2) is 11.1. The number of hydrogen-bond donors (Lipinski definition) is 1. The smallest absolute Gasteiger partial charge is 0.228 e. The van der Waals surface area contributed by atoms with Gasteiger partial charge in [-0.05, 0) is 42.8 Å². The number of para-hydroxylation sites is 1. The van der Waals surface area contributed by atoms with Gasteiger partial charge in [-0.3, -0.25) is 4.90 Å². The monoisotopic (exact) mass is 467 g/mol. The Hall–Kier alpha value is -3.13. The average Bonchev–Trinajstić information content (AvgIpc) is 3.51. The Morgan fingerprint density at radius 2 is 1.97 bits per heavy atom. The summed E-state index contributed by atoms with van der Waals surface area (Å²) in [4.78, 5) is 6.58. The number of hydrogen-bond acceptors (Lipinski definition) is 7. The molecule has 2 aromatic heterocycles. The second-order valence-corrected chi connectivity index (χ2v) is 8.23. The quantitative estimate of drug-likeness (QED) is 0.340. The number of nitrogens with zero attached hydrogens (tertiary/aromatic N) is 3. The van der Waals surface area contributed by atoms with Gasteiger partial charge in [0.2, 0.25) is 11.7 Å². The molecule has 8 heteroatoms. The topological polar surface area (TPSA) is 84.8 Å². The van der Waals surface area contributed by atoms with E-state index in [1.807, 2.05) is 67.6 Å². The lowest BCUT2D eigenvalue weighted by Gasteiger charge is -2.23. The van der Waals surface area contributed by atoms with Crippen molar-refractivity contribution in [2.24, 2.45) is 0 Å². The molecule has 4 rings (SSSR count). The van der Waals surface area contributed by atoms with Gasteiger partial charge in [0.1, 0.15) is 24.2 Å². The van der Waals surface area contributed by atoms with Crippen molar-refractivity contribution in [1.29, 1.82) is 0 Å². The molecule has 0 saturated heterocycles. The molecule has 1 unspecified atom stereocenters. The van der Waals surface area contributed by atoms with Gasteiger partial charge in [0, 0.05) is 30.1 Å². The highest BCUT2D eigenvalue weighted by Crippen LogP contribution is 2.23. The molecule has 2 aromatic carbocycles. The molecule has 0 fully saturated rings. The van der Waals surface area contributed by atoms with E-state index in [9.17, 15) is 5.11 Å². The highest BCUT2D eigenvalue weighted by atomic mass is 35.5. The number of ether oxygens (including phenoxy) is 1. The number of furan rings is 1. The van der Waals surface area contributed by atoms with E-state index in [0.29, 0.717) is 42.8 Å². The van der Waals surface area contributed by atoms with Gasteiger partial charge in [-0.2, -0.15) is 4.98 Å². The zero-order chi connectivity index (χ0) is 23.0. The maximum atomic E-state index is 10.5. The Balaban J connectivity index is 1.36. The summed E-state index contributed by atoms with van der Waals surface area (Å²) in [6, 6.07) is 18.9. The molecule has 0 spiro atoms. The molecule has 0 aliphatic rings. The molecule has 0 amide bonds. The van der Waals surface area contributed by atoms with Crippen LogP contribution in [-0.2, 0) is 13.0 Å². The highest BCUT2D eigenvalue weighted by molar-refractivity contribution is 6.31. The SMILES string of the molecule is Cc1ccc(-c2noc(CCN(Cc3ccco3)CC(O)COc3ccccc3)n2)cc1Cl. The molecule has 0 saturated carbocycles. The summed E-state index contributed by atoms with van der Waals surface area (Å²) >= 11 is 6.22. The van der Waals surface area contributed by atoms with Crippen LogP contribution in [0, 0.1) is 6.92 Å². The summed E-state index contributed by atoms with van der Waals surface area (Å²) in [7, 11) is 0. The van der Waals surface area contributed by atoms with Crippen LogP contribution in [-0.4, -0.2) is 45.9 Å². The van der Waals surface area contributed by atoms with Gasteiger partial charge < -0.3 is 18.8 Å². The molecule has 0 aliphatic carbocycles. The van der Waals surface area contributed by atoms with Crippen LogP contribution in [0.2, 0.25) is 5.02 Å². The van der Waals surface area contributed by atoms with E-state index in [4.69, 9.17) is 25.3 Å². The van der Waals surface area contributed by atoms with Crippen molar-refractivity contribution in [2.45, 2.75) is 26.0 Å². The summed E-state index contributed by atoms with van der Waals surface area (Å²) in [6.45, 7) is 3.68. The fraction of sp³-hybridized carbons (Fsp3) is 0.280. The highest BCUT2D eigenvalue weighted by Gasteiger charge is 2.17. The zero-order valence-corrected chi connectivity index (χ0v) is 19.1. The van der Waals surface area contributed by atoms with Gasteiger partial charge in [0.25, 0.3) is 0 Å². The van der Waals surface area contributed by atoms with Gasteiger partial charge in [-0.25, -0.2) is 0 Å². The van der Waals surface area contributed by atoms with Crippen molar-refractivity contribution >= 4 is 11.6 Å². The first-order valence-corrected chi connectivity index (χ1v) is 11.1. The predicted molar refractivity (Wildman–Crippen MR) is 125 cm³/mol. The minimum absolute atomic E-state index is 0.192. The normalized spacial score (nSPS) is 12.2. The van der Waals surface area contributed by atoms with Crippen molar-refractivity contribution in [3.8, 4) is 17.1 Å². The summed E-state index contributed by atoms with van der Waals surface area (Å²) in [5.41, 5.74) is 1.80. The van der Waals surface area contributed by atoms with Gasteiger partial charge in [0.05, 0.1) is 12.8 Å². The Morgan fingerprint density at radius 3 is 2.73 bits per heavy atom. The molecular weight excluding hydrogens is 442 g/mol. The van der Waals surface area contributed by atoms with Crippen LogP contribution in [0.25, 0.3) is 11.4 Å². The first-order valence-electron chi connectivity index (χ1n) is 10.8. The fourth-order valence-electron chi connectivity index (χ4n) is 3.38. The fourth-order valence-corrected chi connectivity index (χ4v) is 3.56. The van der Waals surface area contributed by atoms with Gasteiger partial charge in [-0.15, -0.1) is 0 Å². The predicted octanol–water partition coefficient (Wildman–Crippen LogP) is 4.78. The van der Waals surface area contributed by atoms with Crippen LogP contribution in [0.4, 0.5) is 0 Å². The van der Waals surface area contributed by atoms with Crippen LogP contribution < -0.4 is 4.74 Å². The molecule has 1 N–H and O–H groups in total. The number of aromatic nitrogens is 2. The molecule has 0 radical (unpaired) electrons. The lowest BCUT2D eigenvalue weighted by molar-refractivity contribution is 0.0629. The zero-order valence-electron chi connectivity index (χ0n) is 18.4. The van der Waals surface area contributed by atoms with Crippen molar-refractivity contribution in [2.75, 3.05) is 19.7 Å². The molecule has 7 nitrogen and oxygen atoms in total. The lowest BCUT2D eigenvalue weighted by atomic mass is 10.1. The maximum Gasteiger partial charge on any atom is 0.228 e. The van der Waals surface area contributed by atoms with Crippen molar-refractivity contribution in [1.82, 2.24) is 15.0 Å². The van der Waals surface area contributed by atoms with E-state index in [1.54, 1.807) is 6.26 Å². The molecule has 0 aliphatic heterocycles. The van der Waals surface area contributed by atoms with Gasteiger partial charge in [-0.1, -0.05) is 47.1 Å².